The average molecular weight is 327 g/mol. The quantitative estimate of drug-likeness (QED) is 0.826. The predicted octanol–water partition coefficient (Wildman–Crippen LogP) is 4.13. The monoisotopic (exact) mass is 326 g/mol. The molecular weight excluding hydrogens is 311 g/mol. The van der Waals surface area contributed by atoms with Gasteiger partial charge in [-0.1, -0.05) is 11.6 Å². The van der Waals surface area contributed by atoms with Gasteiger partial charge in [0.15, 0.2) is 0 Å². The third kappa shape index (κ3) is 3.95. The van der Waals surface area contributed by atoms with Gasteiger partial charge in [-0.15, -0.1) is 0 Å². The molecule has 1 heterocycles. The van der Waals surface area contributed by atoms with Gasteiger partial charge in [-0.3, -0.25) is 0 Å². The highest BCUT2D eigenvalue weighted by atomic mass is 35.5. The van der Waals surface area contributed by atoms with Crippen molar-refractivity contribution in [3.63, 3.8) is 0 Å². The number of hydrogen-bond donors (Lipinski definition) is 0. The zero-order chi connectivity index (χ0) is 15.4. The van der Waals surface area contributed by atoms with Crippen LogP contribution in [0.3, 0.4) is 0 Å². The highest BCUT2D eigenvalue weighted by Crippen LogP contribution is 2.25. The molecule has 0 saturated carbocycles. The maximum atomic E-state index is 5.99. The van der Waals surface area contributed by atoms with E-state index < -0.39 is 0 Å². The van der Waals surface area contributed by atoms with Gasteiger partial charge in [0.2, 0.25) is 11.2 Å². The summed E-state index contributed by atoms with van der Waals surface area (Å²) in [5.41, 5.74) is 0.915. The smallest absolute Gasteiger partial charge is 0.328 e. The Labute approximate surface area is 133 Å². The van der Waals surface area contributed by atoms with Crippen LogP contribution in [0.4, 0.5) is 5.95 Å². The number of halogens is 2. The molecule has 2 rings (SSSR count). The zero-order valence-corrected chi connectivity index (χ0v) is 13.6. The van der Waals surface area contributed by atoms with Crippen molar-refractivity contribution < 1.29 is 4.74 Å². The van der Waals surface area contributed by atoms with Crippen molar-refractivity contribution in [3.8, 4) is 11.8 Å². The lowest BCUT2D eigenvalue weighted by Crippen LogP contribution is -2.24. The number of anilines is 1. The summed E-state index contributed by atoms with van der Waals surface area (Å²) in [6.45, 7) is 7.48. The molecule has 0 N–H and O–H groups in total. The Morgan fingerprint density at radius 2 is 1.81 bits per heavy atom. The lowest BCUT2D eigenvalue weighted by atomic mass is 10.2. The predicted molar refractivity (Wildman–Crippen MR) is 84.7 cm³/mol. The van der Waals surface area contributed by atoms with Crippen LogP contribution in [0.25, 0.3) is 0 Å². The Balaban J connectivity index is 2.29. The number of ether oxygens (including phenoxy) is 1. The first kappa shape index (κ1) is 15.8. The fourth-order valence-corrected chi connectivity index (χ4v) is 2.07. The standard InChI is InChI=1S/C14H16Cl2N4O/c1-4-20(5-2)13-17-12(16)18-14(19-13)21-10-6-7-11(15)9(3)8-10/h6-8H,4-5H2,1-3H3. The van der Waals surface area contributed by atoms with Gasteiger partial charge >= 0.3 is 6.01 Å². The van der Waals surface area contributed by atoms with Crippen LogP contribution in [0.2, 0.25) is 10.3 Å². The van der Waals surface area contributed by atoms with Crippen molar-refractivity contribution in [2.75, 3.05) is 18.0 Å². The number of rotatable bonds is 5. The Morgan fingerprint density at radius 1 is 1.10 bits per heavy atom. The van der Waals surface area contributed by atoms with Crippen LogP contribution >= 0.6 is 23.2 Å². The van der Waals surface area contributed by atoms with E-state index in [0.717, 1.165) is 18.7 Å². The summed E-state index contributed by atoms with van der Waals surface area (Å²) in [7, 11) is 0. The van der Waals surface area contributed by atoms with E-state index >= 15 is 0 Å². The van der Waals surface area contributed by atoms with Crippen molar-refractivity contribution in [3.05, 3.63) is 34.1 Å². The fraction of sp³-hybridized carbons (Fsp3) is 0.357. The SMILES string of the molecule is CCN(CC)c1nc(Cl)nc(Oc2ccc(Cl)c(C)c2)n1. The van der Waals surface area contributed by atoms with Gasteiger partial charge < -0.3 is 9.64 Å². The molecule has 21 heavy (non-hydrogen) atoms. The first-order valence-corrected chi connectivity index (χ1v) is 7.39. The van der Waals surface area contributed by atoms with Crippen molar-refractivity contribution in [2.45, 2.75) is 20.8 Å². The number of aromatic nitrogens is 3. The molecule has 0 bridgehead atoms. The Hall–Kier alpha value is -1.59. The van der Waals surface area contributed by atoms with Crippen LogP contribution in [0.15, 0.2) is 18.2 Å². The summed E-state index contributed by atoms with van der Waals surface area (Å²) in [5.74, 6) is 1.10. The molecule has 0 aliphatic rings. The molecule has 1 aromatic carbocycles. The molecule has 5 nitrogen and oxygen atoms in total. The molecule has 0 atom stereocenters. The van der Waals surface area contributed by atoms with E-state index in [1.807, 2.05) is 31.7 Å². The van der Waals surface area contributed by atoms with Crippen molar-refractivity contribution >= 4 is 29.2 Å². The summed E-state index contributed by atoms with van der Waals surface area (Å²) < 4.78 is 5.64. The second-order valence-electron chi connectivity index (χ2n) is 4.37. The second kappa shape index (κ2) is 6.91. The minimum Gasteiger partial charge on any atom is -0.424 e. The van der Waals surface area contributed by atoms with E-state index in [9.17, 15) is 0 Å². The average Bonchev–Trinajstić information content (AvgIpc) is 2.44. The molecule has 0 unspecified atom stereocenters. The van der Waals surface area contributed by atoms with E-state index in [4.69, 9.17) is 27.9 Å². The molecule has 0 aliphatic carbocycles. The number of aryl methyl sites for hydroxylation is 1. The Morgan fingerprint density at radius 3 is 2.43 bits per heavy atom. The third-order valence-electron chi connectivity index (χ3n) is 2.96. The summed E-state index contributed by atoms with van der Waals surface area (Å²) in [6, 6.07) is 5.50. The van der Waals surface area contributed by atoms with Crippen LogP contribution in [0.1, 0.15) is 19.4 Å². The summed E-state index contributed by atoms with van der Waals surface area (Å²) in [5, 5.41) is 0.785. The maximum Gasteiger partial charge on any atom is 0.328 e. The van der Waals surface area contributed by atoms with Gasteiger partial charge in [0.05, 0.1) is 0 Å². The molecule has 0 spiro atoms. The van der Waals surface area contributed by atoms with Gasteiger partial charge in [0, 0.05) is 18.1 Å². The highest BCUT2D eigenvalue weighted by Gasteiger charge is 2.12. The molecule has 0 fully saturated rings. The van der Waals surface area contributed by atoms with Crippen LogP contribution in [0.5, 0.6) is 11.8 Å². The topological polar surface area (TPSA) is 51.1 Å². The molecule has 2 aromatic rings. The van der Waals surface area contributed by atoms with Gasteiger partial charge in [-0.25, -0.2) is 0 Å². The zero-order valence-electron chi connectivity index (χ0n) is 12.1. The van der Waals surface area contributed by atoms with E-state index in [-0.39, 0.29) is 11.3 Å². The van der Waals surface area contributed by atoms with Crippen LogP contribution in [-0.2, 0) is 0 Å². The van der Waals surface area contributed by atoms with Crippen molar-refractivity contribution in [1.82, 2.24) is 15.0 Å². The third-order valence-corrected chi connectivity index (χ3v) is 3.55. The van der Waals surface area contributed by atoms with Gasteiger partial charge in [-0.2, -0.15) is 15.0 Å². The van der Waals surface area contributed by atoms with Crippen LogP contribution in [0, 0.1) is 6.92 Å². The largest absolute Gasteiger partial charge is 0.424 e. The van der Waals surface area contributed by atoms with Gasteiger partial charge in [0.25, 0.3) is 0 Å². The molecule has 0 amide bonds. The van der Waals surface area contributed by atoms with Crippen molar-refractivity contribution in [1.29, 1.82) is 0 Å². The van der Waals surface area contributed by atoms with E-state index in [0.29, 0.717) is 16.7 Å². The normalized spacial score (nSPS) is 10.5. The first-order valence-electron chi connectivity index (χ1n) is 6.64. The maximum absolute atomic E-state index is 5.99. The molecule has 0 aliphatic heterocycles. The molecular formula is C14H16Cl2N4O. The minimum atomic E-state index is 0.104. The molecule has 112 valence electrons. The van der Waals surface area contributed by atoms with Crippen LogP contribution < -0.4 is 9.64 Å². The van der Waals surface area contributed by atoms with E-state index in [2.05, 4.69) is 15.0 Å². The fourth-order valence-electron chi connectivity index (χ4n) is 1.80. The minimum absolute atomic E-state index is 0.104. The Bertz CT molecular complexity index is 632. The highest BCUT2D eigenvalue weighted by molar-refractivity contribution is 6.31. The van der Waals surface area contributed by atoms with Gasteiger partial charge in [0.1, 0.15) is 5.75 Å². The number of benzene rings is 1. The first-order chi connectivity index (χ1) is 10.0. The Kier molecular flexibility index (Phi) is 5.20. The second-order valence-corrected chi connectivity index (χ2v) is 5.12. The molecule has 7 heteroatoms. The number of hydrogen-bond acceptors (Lipinski definition) is 5. The van der Waals surface area contributed by atoms with Gasteiger partial charge in [-0.05, 0) is 56.1 Å². The van der Waals surface area contributed by atoms with Crippen molar-refractivity contribution in [2.24, 2.45) is 0 Å². The van der Waals surface area contributed by atoms with Crippen LogP contribution in [-0.4, -0.2) is 28.0 Å². The summed E-state index contributed by atoms with van der Waals surface area (Å²) >= 11 is 11.9. The summed E-state index contributed by atoms with van der Waals surface area (Å²) in [4.78, 5) is 14.4. The van der Waals surface area contributed by atoms with E-state index in [1.54, 1.807) is 12.1 Å². The number of nitrogens with zero attached hydrogens (tertiary/aromatic N) is 4. The lowest BCUT2D eigenvalue weighted by molar-refractivity contribution is 0.439. The molecule has 0 saturated heterocycles. The van der Waals surface area contributed by atoms with E-state index in [1.165, 1.54) is 0 Å². The molecule has 0 radical (unpaired) electrons. The molecule has 1 aromatic heterocycles. The summed E-state index contributed by atoms with van der Waals surface area (Å²) in [6.07, 6.45) is 0. The lowest BCUT2D eigenvalue weighted by Gasteiger charge is -2.18.